The number of nitrogens with zero attached hydrogens (tertiary/aromatic N) is 4. The maximum Gasteiger partial charge on any atom is 0.233 e. The summed E-state index contributed by atoms with van der Waals surface area (Å²) in [5.74, 6) is 2.48. The molecule has 0 spiro atoms. The number of thioether (sulfide) groups is 1. The number of benzene rings is 1. The number of para-hydroxylation sites is 1. The molecular formula is C25H33FN4O4S2. The van der Waals surface area contributed by atoms with Gasteiger partial charge in [0, 0.05) is 19.1 Å². The lowest BCUT2D eigenvalue weighted by Gasteiger charge is -2.30. The van der Waals surface area contributed by atoms with Gasteiger partial charge in [0.15, 0.2) is 32.4 Å². The summed E-state index contributed by atoms with van der Waals surface area (Å²) in [5, 5.41) is 9.41. The molecule has 11 heteroatoms. The number of carbonyl (C=O) groups excluding carboxylic acids is 1. The minimum Gasteiger partial charge on any atom is -0.483 e. The number of ether oxygens (including phenoxy) is 1. The van der Waals surface area contributed by atoms with Gasteiger partial charge < -0.3 is 9.64 Å². The fourth-order valence-corrected chi connectivity index (χ4v) is 8.95. The van der Waals surface area contributed by atoms with E-state index in [9.17, 15) is 17.6 Å². The van der Waals surface area contributed by atoms with Crippen molar-refractivity contribution in [1.82, 2.24) is 19.7 Å². The lowest BCUT2D eigenvalue weighted by Crippen LogP contribution is -2.38. The van der Waals surface area contributed by atoms with E-state index >= 15 is 0 Å². The Hall–Kier alpha value is -2.14. The molecule has 3 fully saturated rings. The smallest absolute Gasteiger partial charge is 0.233 e. The highest BCUT2D eigenvalue weighted by Crippen LogP contribution is 2.52. The fourth-order valence-electron chi connectivity index (χ4n) is 6.21. The lowest BCUT2D eigenvalue weighted by atomic mass is 9.84. The van der Waals surface area contributed by atoms with E-state index in [-0.39, 0.29) is 47.6 Å². The number of carbonyl (C=O) groups is 1. The number of hydrogen-bond donors (Lipinski definition) is 0. The van der Waals surface area contributed by atoms with Gasteiger partial charge in [-0.25, -0.2) is 12.8 Å². The van der Waals surface area contributed by atoms with Crippen molar-refractivity contribution in [2.75, 3.05) is 24.3 Å². The minimum absolute atomic E-state index is 0.0227. The maximum atomic E-state index is 14.1. The maximum absolute atomic E-state index is 14.1. The first-order valence-electron chi connectivity index (χ1n) is 12.6. The predicted molar refractivity (Wildman–Crippen MR) is 135 cm³/mol. The first-order valence-corrected chi connectivity index (χ1v) is 15.4. The van der Waals surface area contributed by atoms with Crippen LogP contribution in [0.4, 0.5) is 4.39 Å². The third-order valence-corrected chi connectivity index (χ3v) is 10.9. The van der Waals surface area contributed by atoms with Crippen LogP contribution in [0.1, 0.15) is 50.9 Å². The Labute approximate surface area is 215 Å². The van der Waals surface area contributed by atoms with Crippen molar-refractivity contribution in [3.8, 4) is 5.75 Å². The Balaban J connectivity index is 1.32. The van der Waals surface area contributed by atoms with E-state index in [0.29, 0.717) is 29.2 Å². The van der Waals surface area contributed by atoms with E-state index in [0.717, 1.165) is 5.92 Å². The number of fused-ring (bicyclic) bond motifs is 2. The molecule has 196 valence electrons. The van der Waals surface area contributed by atoms with Crippen molar-refractivity contribution in [2.24, 2.45) is 17.8 Å². The van der Waals surface area contributed by atoms with E-state index in [2.05, 4.69) is 21.7 Å². The van der Waals surface area contributed by atoms with Crippen LogP contribution in [0.2, 0.25) is 0 Å². The average molecular weight is 537 g/mol. The van der Waals surface area contributed by atoms with Gasteiger partial charge in [-0.1, -0.05) is 30.3 Å². The summed E-state index contributed by atoms with van der Waals surface area (Å²) in [7, 11) is -1.40. The lowest BCUT2D eigenvalue weighted by molar-refractivity contribution is -0.128. The van der Waals surface area contributed by atoms with Crippen LogP contribution >= 0.6 is 11.8 Å². The quantitative estimate of drug-likeness (QED) is 0.451. The molecular weight excluding hydrogens is 503 g/mol. The predicted octanol–water partition coefficient (Wildman–Crippen LogP) is 3.73. The molecule has 2 saturated carbocycles. The van der Waals surface area contributed by atoms with Crippen LogP contribution in [0.3, 0.4) is 0 Å². The summed E-state index contributed by atoms with van der Waals surface area (Å²) < 4.78 is 45.6. The van der Waals surface area contributed by atoms with Gasteiger partial charge in [0.1, 0.15) is 6.61 Å². The van der Waals surface area contributed by atoms with Crippen LogP contribution in [0.25, 0.3) is 0 Å². The zero-order valence-electron chi connectivity index (χ0n) is 20.7. The third-order valence-electron chi connectivity index (χ3n) is 8.22. The van der Waals surface area contributed by atoms with Gasteiger partial charge >= 0.3 is 0 Å². The van der Waals surface area contributed by atoms with Gasteiger partial charge in [0.05, 0.1) is 17.3 Å². The largest absolute Gasteiger partial charge is 0.483 e. The van der Waals surface area contributed by atoms with Gasteiger partial charge in [-0.2, -0.15) is 0 Å². The molecule has 5 rings (SSSR count). The van der Waals surface area contributed by atoms with Crippen LogP contribution in [0.15, 0.2) is 29.4 Å². The van der Waals surface area contributed by atoms with Crippen molar-refractivity contribution < 1.29 is 22.3 Å². The summed E-state index contributed by atoms with van der Waals surface area (Å²) in [6.45, 7) is 2.26. The second-order valence-electron chi connectivity index (χ2n) is 10.4. The van der Waals surface area contributed by atoms with E-state index in [1.54, 1.807) is 30.1 Å². The van der Waals surface area contributed by atoms with Crippen LogP contribution in [-0.4, -0.2) is 64.3 Å². The highest BCUT2D eigenvalue weighted by molar-refractivity contribution is 7.99. The molecule has 2 heterocycles. The summed E-state index contributed by atoms with van der Waals surface area (Å²) in [6.07, 6.45) is 5.48. The number of halogens is 1. The topological polar surface area (TPSA) is 94.4 Å². The number of aromatic nitrogens is 3. The summed E-state index contributed by atoms with van der Waals surface area (Å²) in [5.41, 5.74) is 0. The van der Waals surface area contributed by atoms with Crippen molar-refractivity contribution in [3.05, 3.63) is 35.9 Å². The Morgan fingerprint density at radius 2 is 2.06 bits per heavy atom. The zero-order valence-corrected chi connectivity index (χ0v) is 22.3. The Morgan fingerprint density at radius 3 is 2.72 bits per heavy atom. The molecule has 0 radical (unpaired) electrons. The molecule has 36 heavy (non-hydrogen) atoms. The van der Waals surface area contributed by atoms with E-state index in [1.807, 2.05) is 0 Å². The fraction of sp³-hybridized carbons (Fsp3) is 0.640. The van der Waals surface area contributed by atoms with Crippen molar-refractivity contribution in [1.29, 1.82) is 0 Å². The van der Waals surface area contributed by atoms with Gasteiger partial charge in [-0.05, 0) is 62.5 Å². The Bertz CT molecular complexity index is 1220. The second kappa shape index (κ2) is 10.3. The van der Waals surface area contributed by atoms with Crippen LogP contribution in [0, 0.1) is 23.6 Å². The second-order valence-corrected chi connectivity index (χ2v) is 13.6. The number of amides is 1. The van der Waals surface area contributed by atoms with Gasteiger partial charge in [0.2, 0.25) is 5.91 Å². The normalized spacial score (nSPS) is 27.3. The standard InChI is InChI=1S/C25H33FN4O4S2/c1-16(20-12-17-7-8-18(20)11-17)30-23(13-34-22-6-4-3-5-21(22)26)27-28-25(30)35-14-24(31)29(2)19-9-10-36(32,33)15-19/h3-6,16-20H,7-15H2,1-2H3/t16-,17-,18-,19-,20-/m1/s1. The van der Waals surface area contributed by atoms with Crippen LogP contribution < -0.4 is 4.74 Å². The Kier molecular flexibility index (Phi) is 7.31. The highest BCUT2D eigenvalue weighted by atomic mass is 32.2. The van der Waals surface area contributed by atoms with E-state index in [1.165, 1.54) is 43.5 Å². The molecule has 0 N–H and O–H groups in total. The molecule has 2 aromatic rings. The highest BCUT2D eigenvalue weighted by Gasteiger charge is 2.43. The molecule has 5 atom stereocenters. The SMILES string of the molecule is C[C@H]([C@H]1C[C@@H]2CC[C@@H]1C2)n1c(COc2ccccc2F)nnc1SCC(=O)N(C)[C@@H]1CCS(=O)(=O)C1. The molecule has 8 nitrogen and oxygen atoms in total. The molecule has 3 aliphatic rings. The molecule has 1 aromatic heterocycles. The van der Waals surface area contributed by atoms with Gasteiger partial charge in [-0.15, -0.1) is 10.2 Å². The van der Waals surface area contributed by atoms with Crippen molar-refractivity contribution in [3.63, 3.8) is 0 Å². The molecule has 2 bridgehead atoms. The molecule has 0 unspecified atom stereocenters. The Morgan fingerprint density at radius 1 is 1.25 bits per heavy atom. The van der Waals surface area contributed by atoms with Gasteiger partial charge in [0.25, 0.3) is 0 Å². The van der Waals surface area contributed by atoms with Crippen molar-refractivity contribution in [2.45, 2.75) is 62.9 Å². The molecule has 1 amide bonds. The summed E-state index contributed by atoms with van der Waals surface area (Å²) in [6, 6.07) is 6.13. The van der Waals surface area contributed by atoms with Crippen LogP contribution in [-0.2, 0) is 21.2 Å². The first-order chi connectivity index (χ1) is 17.2. The first kappa shape index (κ1) is 25.5. The molecule has 1 aliphatic heterocycles. The van der Waals surface area contributed by atoms with Crippen LogP contribution in [0.5, 0.6) is 5.75 Å². The number of sulfone groups is 1. The van der Waals surface area contributed by atoms with E-state index in [4.69, 9.17) is 4.74 Å². The zero-order chi connectivity index (χ0) is 25.4. The molecule has 1 aromatic carbocycles. The monoisotopic (exact) mass is 536 g/mol. The van der Waals surface area contributed by atoms with Crippen molar-refractivity contribution >= 4 is 27.5 Å². The molecule has 2 aliphatic carbocycles. The third kappa shape index (κ3) is 5.27. The number of hydrogen-bond acceptors (Lipinski definition) is 7. The summed E-state index contributed by atoms with van der Waals surface area (Å²) in [4.78, 5) is 14.5. The average Bonchev–Trinajstić information content (AvgIpc) is 3.65. The van der Waals surface area contributed by atoms with Gasteiger partial charge in [-0.3, -0.25) is 9.36 Å². The summed E-state index contributed by atoms with van der Waals surface area (Å²) >= 11 is 1.31. The van der Waals surface area contributed by atoms with E-state index < -0.39 is 15.7 Å². The molecule has 1 saturated heterocycles. The minimum atomic E-state index is -3.07. The number of rotatable bonds is 9.